The van der Waals surface area contributed by atoms with Crippen molar-refractivity contribution < 1.29 is 13.6 Å². The maximum absolute atomic E-state index is 13.3. The summed E-state index contributed by atoms with van der Waals surface area (Å²) in [5.41, 5.74) is 0.907. The first-order valence-corrected chi connectivity index (χ1v) is 10.1. The fraction of sp³-hybridized carbons (Fsp3) is 0.0500. The highest BCUT2D eigenvalue weighted by atomic mass is 79.9. The van der Waals surface area contributed by atoms with Crippen LogP contribution in [0.3, 0.4) is 0 Å². The molecule has 0 saturated carbocycles. The van der Waals surface area contributed by atoms with Crippen molar-refractivity contribution in [2.24, 2.45) is 0 Å². The highest BCUT2D eigenvalue weighted by Crippen LogP contribution is 2.20. The molecule has 12 heteroatoms. The minimum Gasteiger partial charge on any atom is -0.444 e. The fourth-order valence-electron chi connectivity index (χ4n) is 3.14. The Morgan fingerprint density at radius 2 is 1.97 bits per heavy atom. The first kappa shape index (κ1) is 19.9. The molecular weight excluding hydrogens is 485 g/mol. The topological polar surface area (TPSA) is 124 Å². The first-order valence-electron chi connectivity index (χ1n) is 9.27. The lowest BCUT2D eigenvalue weighted by molar-refractivity contribution is 0.0994. The molecular formula is C20H13BrFN7O3. The SMILES string of the molecule is Cc1cc(NC(=O)c2ccc(Br)o2)n(-c2nc3c(cnn3-c3ccc(F)cc3)c(=O)[nH]2)n1. The summed E-state index contributed by atoms with van der Waals surface area (Å²) < 4.78 is 21.7. The molecule has 0 bridgehead atoms. The van der Waals surface area contributed by atoms with Gasteiger partial charge in [-0.05, 0) is 59.3 Å². The summed E-state index contributed by atoms with van der Waals surface area (Å²) in [5, 5.41) is 11.5. The van der Waals surface area contributed by atoms with Crippen molar-refractivity contribution in [2.45, 2.75) is 6.92 Å². The minimum absolute atomic E-state index is 0.0652. The second-order valence-corrected chi connectivity index (χ2v) is 7.58. The lowest BCUT2D eigenvalue weighted by atomic mass is 10.3. The average molecular weight is 498 g/mol. The van der Waals surface area contributed by atoms with Crippen LogP contribution in [0.4, 0.5) is 10.2 Å². The van der Waals surface area contributed by atoms with Gasteiger partial charge in [0.2, 0.25) is 5.95 Å². The number of anilines is 1. The van der Waals surface area contributed by atoms with Gasteiger partial charge >= 0.3 is 0 Å². The fourth-order valence-corrected chi connectivity index (χ4v) is 3.45. The van der Waals surface area contributed by atoms with Crippen molar-refractivity contribution in [1.82, 2.24) is 29.5 Å². The summed E-state index contributed by atoms with van der Waals surface area (Å²) in [6.45, 7) is 1.73. The van der Waals surface area contributed by atoms with Gasteiger partial charge in [-0.15, -0.1) is 0 Å². The molecule has 0 aliphatic heterocycles. The summed E-state index contributed by atoms with van der Waals surface area (Å²) in [7, 11) is 0. The molecule has 0 atom stereocenters. The lowest BCUT2D eigenvalue weighted by Gasteiger charge is -2.08. The van der Waals surface area contributed by atoms with E-state index in [-0.39, 0.29) is 28.6 Å². The molecule has 1 amide bonds. The van der Waals surface area contributed by atoms with E-state index >= 15 is 0 Å². The van der Waals surface area contributed by atoms with Gasteiger partial charge in [0, 0.05) is 6.07 Å². The standard InChI is InChI=1S/C20H13BrFN7O3/c1-10-8-16(24-19(31)14-6-7-15(21)32-14)29(27-10)20-25-17-13(18(30)26-20)9-23-28(17)12-4-2-11(22)3-5-12/h2-9H,1H3,(H,24,31)(H,25,26,30). The number of aryl methyl sites for hydroxylation is 1. The summed E-state index contributed by atoms with van der Waals surface area (Å²) >= 11 is 3.16. The van der Waals surface area contributed by atoms with Gasteiger partial charge in [-0.2, -0.15) is 19.9 Å². The van der Waals surface area contributed by atoms with Gasteiger partial charge in [-0.3, -0.25) is 14.6 Å². The van der Waals surface area contributed by atoms with E-state index in [1.54, 1.807) is 19.1 Å². The van der Waals surface area contributed by atoms with Crippen molar-refractivity contribution in [3.8, 4) is 11.6 Å². The second-order valence-electron chi connectivity index (χ2n) is 6.80. The van der Waals surface area contributed by atoms with Gasteiger partial charge in [-0.25, -0.2) is 9.07 Å². The number of carbonyl (C=O) groups excluding carboxylic acids is 1. The number of nitrogens with one attached hydrogen (secondary N) is 2. The second kappa shape index (κ2) is 7.57. The predicted octanol–water partition coefficient (Wildman–Crippen LogP) is 3.35. The first-order chi connectivity index (χ1) is 15.4. The summed E-state index contributed by atoms with van der Waals surface area (Å²) in [6.07, 6.45) is 1.38. The zero-order valence-corrected chi connectivity index (χ0v) is 17.9. The highest BCUT2D eigenvalue weighted by molar-refractivity contribution is 9.10. The van der Waals surface area contributed by atoms with Crippen molar-refractivity contribution in [3.05, 3.63) is 81.0 Å². The zero-order valence-electron chi connectivity index (χ0n) is 16.3. The number of aromatic amines is 1. The van der Waals surface area contributed by atoms with Gasteiger partial charge < -0.3 is 9.73 Å². The Balaban J connectivity index is 1.59. The number of benzene rings is 1. The molecule has 10 nitrogen and oxygen atoms in total. The largest absolute Gasteiger partial charge is 0.444 e. The number of hydrogen-bond acceptors (Lipinski definition) is 6. The smallest absolute Gasteiger partial charge is 0.292 e. The average Bonchev–Trinajstić information content (AvgIpc) is 3.47. The normalized spacial score (nSPS) is 11.2. The van der Waals surface area contributed by atoms with Crippen LogP contribution in [-0.2, 0) is 0 Å². The molecule has 0 aliphatic rings. The van der Waals surface area contributed by atoms with Gasteiger partial charge in [0.1, 0.15) is 17.0 Å². The summed E-state index contributed by atoms with van der Waals surface area (Å²) in [5.74, 6) is -0.469. The van der Waals surface area contributed by atoms with E-state index in [9.17, 15) is 14.0 Å². The van der Waals surface area contributed by atoms with Crippen LogP contribution in [0.1, 0.15) is 16.2 Å². The Kier molecular flexibility index (Phi) is 4.70. The van der Waals surface area contributed by atoms with Crippen molar-refractivity contribution in [2.75, 3.05) is 5.32 Å². The molecule has 0 saturated heterocycles. The Morgan fingerprint density at radius 1 is 1.19 bits per heavy atom. The number of aromatic nitrogens is 6. The lowest BCUT2D eigenvalue weighted by Crippen LogP contribution is -2.19. The molecule has 5 rings (SSSR count). The number of fused-ring (bicyclic) bond motifs is 1. The third kappa shape index (κ3) is 3.50. The molecule has 0 fully saturated rings. The van der Waals surface area contributed by atoms with Gasteiger partial charge in [0.25, 0.3) is 11.5 Å². The maximum atomic E-state index is 13.3. The van der Waals surface area contributed by atoms with Gasteiger partial charge in [0.05, 0.1) is 17.6 Å². The zero-order chi connectivity index (χ0) is 22.4. The molecule has 0 aliphatic carbocycles. The number of hydrogen-bond donors (Lipinski definition) is 2. The van der Waals surface area contributed by atoms with Crippen molar-refractivity contribution >= 4 is 38.7 Å². The predicted molar refractivity (Wildman–Crippen MR) is 116 cm³/mol. The van der Waals surface area contributed by atoms with Gasteiger partial charge in [-0.1, -0.05) is 0 Å². The van der Waals surface area contributed by atoms with Crippen LogP contribution in [0.25, 0.3) is 22.7 Å². The number of amides is 1. The van der Waals surface area contributed by atoms with E-state index in [4.69, 9.17) is 4.42 Å². The number of H-pyrrole nitrogens is 1. The maximum Gasteiger partial charge on any atom is 0.292 e. The summed E-state index contributed by atoms with van der Waals surface area (Å²) in [4.78, 5) is 32.3. The number of rotatable bonds is 4. The Hall–Kier alpha value is -4.06. The van der Waals surface area contributed by atoms with Crippen LogP contribution in [0.2, 0.25) is 0 Å². The van der Waals surface area contributed by atoms with Crippen LogP contribution in [0.5, 0.6) is 0 Å². The monoisotopic (exact) mass is 497 g/mol. The van der Waals surface area contributed by atoms with E-state index in [0.717, 1.165) is 0 Å². The Labute approximate surface area is 186 Å². The van der Waals surface area contributed by atoms with E-state index in [2.05, 4.69) is 41.4 Å². The van der Waals surface area contributed by atoms with E-state index in [1.165, 1.54) is 45.9 Å². The molecule has 2 N–H and O–H groups in total. The number of nitrogens with zero attached hydrogens (tertiary/aromatic N) is 5. The minimum atomic E-state index is -0.503. The van der Waals surface area contributed by atoms with Crippen LogP contribution >= 0.6 is 15.9 Å². The Morgan fingerprint density at radius 3 is 2.69 bits per heavy atom. The number of carbonyl (C=O) groups is 1. The molecule has 32 heavy (non-hydrogen) atoms. The quantitative estimate of drug-likeness (QED) is 0.392. The van der Waals surface area contributed by atoms with E-state index < -0.39 is 17.3 Å². The molecule has 4 heterocycles. The van der Waals surface area contributed by atoms with Crippen LogP contribution in [-0.4, -0.2) is 35.4 Å². The molecule has 0 radical (unpaired) electrons. The van der Waals surface area contributed by atoms with Crippen LogP contribution < -0.4 is 10.9 Å². The third-order valence-electron chi connectivity index (χ3n) is 4.57. The Bertz CT molecular complexity index is 1530. The highest BCUT2D eigenvalue weighted by Gasteiger charge is 2.18. The van der Waals surface area contributed by atoms with Crippen molar-refractivity contribution in [1.29, 1.82) is 0 Å². The van der Waals surface area contributed by atoms with E-state index in [0.29, 0.717) is 16.1 Å². The molecule has 4 aromatic heterocycles. The molecule has 1 aromatic carbocycles. The molecule has 0 spiro atoms. The number of furan rings is 1. The van der Waals surface area contributed by atoms with Crippen molar-refractivity contribution in [3.63, 3.8) is 0 Å². The van der Waals surface area contributed by atoms with E-state index in [1.807, 2.05) is 0 Å². The third-order valence-corrected chi connectivity index (χ3v) is 4.99. The molecule has 5 aromatic rings. The van der Waals surface area contributed by atoms with Crippen LogP contribution in [0.15, 0.2) is 62.5 Å². The van der Waals surface area contributed by atoms with Gasteiger partial charge in [0.15, 0.2) is 16.1 Å². The number of halogens is 2. The van der Waals surface area contributed by atoms with Crippen LogP contribution in [0, 0.1) is 12.7 Å². The molecule has 160 valence electrons. The summed E-state index contributed by atoms with van der Waals surface area (Å²) in [6, 6.07) is 10.4. The molecule has 0 unspecified atom stereocenters.